The largest absolute Gasteiger partial charge is 0.340 e. The number of nitrogens with zero attached hydrogens (tertiary/aromatic N) is 2. The van der Waals surface area contributed by atoms with E-state index in [2.05, 4.69) is 5.32 Å². The molecule has 2 aromatic rings. The number of halogens is 1. The number of hydrogen-bond acceptors (Lipinski definition) is 3. The third-order valence-electron chi connectivity index (χ3n) is 4.96. The van der Waals surface area contributed by atoms with Crippen LogP contribution in [0.1, 0.15) is 22.3 Å². The average Bonchev–Trinajstić information content (AvgIpc) is 2.75. The number of hydrogen-bond donors (Lipinski definition) is 1. The van der Waals surface area contributed by atoms with Crippen molar-refractivity contribution >= 4 is 11.8 Å². The van der Waals surface area contributed by atoms with E-state index in [0.717, 1.165) is 18.7 Å². The van der Waals surface area contributed by atoms with E-state index in [9.17, 15) is 14.0 Å². The molecule has 0 bridgehead atoms. The van der Waals surface area contributed by atoms with Gasteiger partial charge in [0.2, 0.25) is 5.91 Å². The summed E-state index contributed by atoms with van der Waals surface area (Å²) in [5, 5.41) is 3.23. The van der Waals surface area contributed by atoms with Crippen molar-refractivity contribution in [2.24, 2.45) is 0 Å². The molecule has 0 spiro atoms. The molecule has 0 unspecified atom stereocenters. The van der Waals surface area contributed by atoms with Gasteiger partial charge in [-0.3, -0.25) is 9.59 Å². The van der Waals surface area contributed by atoms with Crippen molar-refractivity contribution in [3.8, 4) is 0 Å². The van der Waals surface area contributed by atoms with Crippen LogP contribution in [0.25, 0.3) is 0 Å². The lowest BCUT2D eigenvalue weighted by Crippen LogP contribution is -2.47. The van der Waals surface area contributed by atoms with Crippen LogP contribution < -0.4 is 5.32 Å². The van der Waals surface area contributed by atoms with Crippen LogP contribution in [-0.2, 0) is 11.2 Å². The van der Waals surface area contributed by atoms with Gasteiger partial charge < -0.3 is 15.1 Å². The zero-order valence-corrected chi connectivity index (χ0v) is 15.9. The van der Waals surface area contributed by atoms with Crippen molar-refractivity contribution in [2.75, 3.05) is 39.3 Å². The maximum atomic E-state index is 13.2. The Labute approximate surface area is 165 Å². The van der Waals surface area contributed by atoms with Crippen molar-refractivity contribution in [2.45, 2.75) is 12.8 Å². The normalized spacial score (nSPS) is 14.0. The van der Waals surface area contributed by atoms with Gasteiger partial charge in [-0.25, -0.2) is 4.39 Å². The molecule has 0 atom stereocenters. The van der Waals surface area contributed by atoms with Crippen LogP contribution >= 0.6 is 0 Å². The Bertz CT molecular complexity index is 774. The Morgan fingerprint density at radius 3 is 2.32 bits per heavy atom. The smallest absolute Gasteiger partial charge is 0.253 e. The highest BCUT2D eigenvalue weighted by Gasteiger charge is 2.20. The van der Waals surface area contributed by atoms with E-state index >= 15 is 0 Å². The summed E-state index contributed by atoms with van der Waals surface area (Å²) in [6.07, 6.45) is 0.997. The molecular weight excluding hydrogens is 357 g/mol. The summed E-state index contributed by atoms with van der Waals surface area (Å²) < 4.78 is 13.2. The summed E-state index contributed by atoms with van der Waals surface area (Å²) in [5.74, 6) is -0.483. The van der Waals surface area contributed by atoms with Gasteiger partial charge in [-0.05, 0) is 36.2 Å². The molecule has 1 fully saturated rings. The number of rotatable bonds is 7. The molecule has 28 heavy (non-hydrogen) atoms. The first kappa shape index (κ1) is 20.0. The van der Waals surface area contributed by atoms with E-state index in [1.54, 1.807) is 4.90 Å². The van der Waals surface area contributed by atoms with Gasteiger partial charge in [0.25, 0.3) is 5.91 Å². The summed E-state index contributed by atoms with van der Waals surface area (Å²) in [5.41, 5.74) is 1.57. The third kappa shape index (κ3) is 5.63. The molecule has 2 amide bonds. The summed E-state index contributed by atoms with van der Waals surface area (Å²) in [6, 6.07) is 15.5. The van der Waals surface area contributed by atoms with Crippen molar-refractivity contribution in [3.63, 3.8) is 0 Å². The summed E-state index contributed by atoms with van der Waals surface area (Å²) >= 11 is 0. The van der Waals surface area contributed by atoms with Crippen LogP contribution in [0.3, 0.4) is 0 Å². The van der Waals surface area contributed by atoms with Gasteiger partial charge in [0.15, 0.2) is 0 Å². The van der Waals surface area contributed by atoms with Gasteiger partial charge >= 0.3 is 0 Å². The van der Waals surface area contributed by atoms with E-state index in [1.165, 1.54) is 24.3 Å². The van der Waals surface area contributed by atoms with E-state index in [1.807, 2.05) is 35.2 Å². The number of benzene rings is 2. The summed E-state index contributed by atoms with van der Waals surface area (Å²) in [7, 11) is 0. The lowest BCUT2D eigenvalue weighted by molar-refractivity contribution is -0.131. The second-order valence-electron chi connectivity index (χ2n) is 6.92. The second kappa shape index (κ2) is 9.99. The fourth-order valence-electron chi connectivity index (χ4n) is 3.30. The van der Waals surface area contributed by atoms with Crippen molar-refractivity contribution in [3.05, 3.63) is 71.5 Å². The highest BCUT2D eigenvalue weighted by molar-refractivity contribution is 5.94. The first-order valence-corrected chi connectivity index (χ1v) is 9.71. The molecule has 1 saturated heterocycles. The predicted octanol–water partition coefficient (Wildman–Crippen LogP) is 2.33. The SMILES string of the molecule is O=C(CCN(CCc1ccccc1)C(=O)c1ccc(F)cc1)N1CCNCC1. The van der Waals surface area contributed by atoms with E-state index in [4.69, 9.17) is 0 Å². The topological polar surface area (TPSA) is 52.7 Å². The molecule has 1 aliphatic heterocycles. The van der Waals surface area contributed by atoms with Crippen molar-refractivity contribution in [1.29, 1.82) is 0 Å². The maximum absolute atomic E-state index is 13.2. The number of amides is 2. The molecule has 0 saturated carbocycles. The van der Waals surface area contributed by atoms with Gasteiger partial charge in [0.1, 0.15) is 5.82 Å². The minimum Gasteiger partial charge on any atom is -0.340 e. The first-order valence-electron chi connectivity index (χ1n) is 9.71. The molecule has 1 heterocycles. The molecule has 148 valence electrons. The summed E-state index contributed by atoms with van der Waals surface area (Å²) in [4.78, 5) is 29.0. The summed E-state index contributed by atoms with van der Waals surface area (Å²) in [6.45, 7) is 3.88. The molecule has 5 nitrogen and oxygen atoms in total. The van der Waals surface area contributed by atoms with Gasteiger partial charge in [-0.2, -0.15) is 0 Å². The van der Waals surface area contributed by atoms with E-state index < -0.39 is 0 Å². The van der Waals surface area contributed by atoms with Gasteiger partial charge in [0.05, 0.1) is 0 Å². The van der Waals surface area contributed by atoms with Crippen molar-refractivity contribution < 1.29 is 14.0 Å². The average molecular weight is 383 g/mol. The Hall–Kier alpha value is -2.73. The molecule has 0 radical (unpaired) electrons. The van der Waals surface area contributed by atoms with Crippen LogP contribution in [0.2, 0.25) is 0 Å². The molecule has 0 aliphatic carbocycles. The molecule has 2 aromatic carbocycles. The fourth-order valence-corrected chi connectivity index (χ4v) is 3.30. The second-order valence-corrected chi connectivity index (χ2v) is 6.92. The standard InChI is InChI=1S/C22H26FN3O2/c23-20-8-6-19(7-9-20)22(28)26(14-10-18-4-2-1-3-5-18)15-11-21(27)25-16-12-24-13-17-25/h1-9,24H,10-17H2. The minimum atomic E-state index is -0.374. The molecule has 3 rings (SSSR count). The molecule has 6 heteroatoms. The third-order valence-corrected chi connectivity index (χ3v) is 4.96. The number of piperazine rings is 1. The van der Waals surface area contributed by atoms with E-state index in [-0.39, 0.29) is 17.6 Å². The van der Waals surface area contributed by atoms with Crippen LogP contribution in [0.5, 0.6) is 0 Å². The van der Waals surface area contributed by atoms with Crippen LogP contribution in [0.4, 0.5) is 4.39 Å². The number of carbonyl (C=O) groups excluding carboxylic acids is 2. The molecule has 0 aromatic heterocycles. The fraction of sp³-hybridized carbons (Fsp3) is 0.364. The highest BCUT2D eigenvalue weighted by atomic mass is 19.1. The Balaban J connectivity index is 1.65. The predicted molar refractivity (Wildman–Crippen MR) is 107 cm³/mol. The first-order chi connectivity index (χ1) is 13.6. The van der Waals surface area contributed by atoms with Gasteiger partial charge in [-0.15, -0.1) is 0 Å². The highest BCUT2D eigenvalue weighted by Crippen LogP contribution is 2.10. The van der Waals surface area contributed by atoms with Gasteiger partial charge in [0, 0.05) is 51.3 Å². The lowest BCUT2D eigenvalue weighted by Gasteiger charge is -2.29. The monoisotopic (exact) mass is 383 g/mol. The Kier molecular flexibility index (Phi) is 7.14. The molecular formula is C22H26FN3O2. The van der Waals surface area contributed by atoms with Crippen LogP contribution in [0, 0.1) is 5.82 Å². The lowest BCUT2D eigenvalue weighted by atomic mass is 10.1. The number of carbonyl (C=O) groups is 2. The van der Waals surface area contributed by atoms with Crippen LogP contribution in [0.15, 0.2) is 54.6 Å². The van der Waals surface area contributed by atoms with E-state index in [0.29, 0.717) is 44.6 Å². The maximum Gasteiger partial charge on any atom is 0.253 e. The van der Waals surface area contributed by atoms with Crippen molar-refractivity contribution in [1.82, 2.24) is 15.1 Å². The van der Waals surface area contributed by atoms with Crippen LogP contribution in [-0.4, -0.2) is 60.9 Å². The zero-order chi connectivity index (χ0) is 19.8. The molecule has 1 N–H and O–H groups in total. The Morgan fingerprint density at radius 2 is 1.64 bits per heavy atom. The van der Waals surface area contributed by atoms with Gasteiger partial charge in [-0.1, -0.05) is 30.3 Å². The minimum absolute atomic E-state index is 0.0677. The number of nitrogens with one attached hydrogen (secondary N) is 1. The molecule has 1 aliphatic rings. The Morgan fingerprint density at radius 1 is 0.964 bits per heavy atom. The zero-order valence-electron chi connectivity index (χ0n) is 15.9. The quantitative estimate of drug-likeness (QED) is 0.799.